The first kappa shape index (κ1) is 20.6. The summed E-state index contributed by atoms with van der Waals surface area (Å²) in [6, 6.07) is 18.7. The van der Waals surface area contributed by atoms with Crippen LogP contribution in [0.5, 0.6) is 0 Å². The van der Waals surface area contributed by atoms with Gasteiger partial charge in [0.05, 0.1) is 23.0 Å². The fourth-order valence-electron chi connectivity index (χ4n) is 3.51. The molecule has 158 valence electrons. The second kappa shape index (κ2) is 7.88. The first-order valence-corrected chi connectivity index (χ1v) is 11.5. The third-order valence-electron chi connectivity index (χ3n) is 4.78. The third kappa shape index (κ3) is 4.59. The number of pyridine rings is 1. The van der Waals surface area contributed by atoms with Gasteiger partial charge in [-0.3, -0.25) is 9.52 Å². The van der Waals surface area contributed by atoms with Crippen LogP contribution in [-0.2, 0) is 14.8 Å². The summed E-state index contributed by atoms with van der Waals surface area (Å²) in [5, 5.41) is 8.14. The quantitative estimate of drug-likeness (QED) is 0.393. The number of carbonyl (C=O) groups excluding carboxylic acids is 1. The highest BCUT2D eigenvalue weighted by Crippen LogP contribution is 2.35. The summed E-state index contributed by atoms with van der Waals surface area (Å²) in [7, 11) is -3.33. The maximum atomic E-state index is 11.5. The van der Waals surface area contributed by atoms with Gasteiger partial charge in [-0.05, 0) is 55.0 Å². The molecule has 0 aliphatic rings. The molecule has 0 aliphatic carbocycles. The molecule has 0 radical (unpaired) electrons. The Morgan fingerprint density at radius 3 is 2.26 bits per heavy atom. The summed E-state index contributed by atoms with van der Waals surface area (Å²) in [6.45, 7) is 3.48. The van der Waals surface area contributed by atoms with Crippen molar-refractivity contribution in [2.24, 2.45) is 0 Å². The number of rotatable bonds is 5. The molecule has 7 nitrogen and oxygen atoms in total. The number of benzene rings is 3. The van der Waals surface area contributed by atoms with E-state index in [1.807, 2.05) is 55.5 Å². The average molecular weight is 435 g/mol. The van der Waals surface area contributed by atoms with Gasteiger partial charge in [-0.2, -0.15) is 0 Å². The maximum Gasteiger partial charge on any atom is 0.229 e. The van der Waals surface area contributed by atoms with E-state index in [1.165, 1.54) is 6.92 Å². The molecular weight excluding hydrogens is 412 g/mol. The minimum atomic E-state index is -3.33. The van der Waals surface area contributed by atoms with Crippen LogP contribution in [0.15, 0.2) is 60.7 Å². The number of hydrogen-bond donors (Lipinski definition) is 3. The zero-order valence-electron chi connectivity index (χ0n) is 17.4. The number of anilines is 4. The van der Waals surface area contributed by atoms with Gasteiger partial charge in [0.1, 0.15) is 0 Å². The van der Waals surface area contributed by atoms with Gasteiger partial charge in [-0.25, -0.2) is 13.4 Å². The molecule has 1 aromatic heterocycles. The molecule has 0 fully saturated rings. The van der Waals surface area contributed by atoms with Crippen LogP contribution in [0.1, 0.15) is 12.5 Å². The molecule has 0 atom stereocenters. The molecule has 0 aliphatic heterocycles. The monoisotopic (exact) mass is 434 g/mol. The van der Waals surface area contributed by atoms with E-state index in [-0.39, 0.29) is 5.91 Å². The van der Waals surface area contributed by atoms with Crippen molar-refractivity contribution in [1.82, 2.24) is 4.98 Å². The fraction of sp³-hybridized carbons (Fsp3) is 0.130. The number of nitrogens with zero attached hydrogens (tertiary/aromatic N) is 1. The predicted octanol–water partition coefficient (Wildman–Crippen LogP) is 4.77. The normalized spacial score (nSPS) is 11.5. The maximum absolute atomic E-state index is 11.5. The molecule has 8 heteroatoms. The van der Waals surface area contributed by atoms with Crippen molar-refractivity contribution in [2.45, 2.75) is 13.8 Å². The van der Waals surface area contributed by atoms with E-state index in [4.69, 9.17) is 4.98 Å². The Kier molecular flexibility index (Phi) is 5.24. The number of amides is 1. The Labute approximate surface area is 180 Å². The van der Waals surface area contributed by atoms with Crippen LogP contribution in [0.3, 0.4) is 0 Å². The average Bonchev–Trinajstić information content (AvgIpc) is 2.68. The molecule has 1 amide bonds. The lowest BCUT2D eigenvalue weighted by Gasteiger charge is -2.15. The van der Waals surface area contributed by atoms with Crippen molar-refractivity contribution in [1.29, 1.82) is 0 Å². The first-order chi connectivity index (χ1) is 14.7. The van der Waals surface area contributed by atoms with Crippen LogP contribution in [0, 0.1) is 6.92 Å². The van der Waals surface area contributed by atoms with Gasteiger partial charge in [0.15, 0.2) is 0 Å². The summed E-state index contributed by atoms with van der Waals surface area (Å²) >= 11 is 0. The van der Waals surface area contributed by atoms with E-state index in [1.54, 1.807) is 12.1 Å². The summed E-state index contributed by atoms with van der Waals surface area (Å²) < 4.78 is 25.3. The van der Waals surface area contributed by atoms with E-state index >= 15 is 0 Å². The van der Waals surface area contributed by atoms with Crippen molar-refractivity contribution < 1.29 is 13.2 Å². The van der Waals surface area contributed by atoms with Crippen LogP contribution in [-0.4, -0.2) is 25.6 Å². The number of para-hydroxylation sites is 1. The van der Waals surface area contributed by atoms with Gasteiger partial charge in [-0.1, -0.05) is 18.2 Å². The zero-order chi connectivity index (χ0) is 22.2. The molecule has 0 unspecified atom stereocenters. The number of nitrogens with one attached hydrogen (secondary N) is 3. The van der Waals surface area contributed by atoms with Gasteiger partial charge in [-0.15, -0.1) is 0 Å². The van der Waals surface area contributed by atoms with E-state index in [2.05, 4.69) is 15.4 Å². The van der Waals surface area contributed by atoms with E-state index in [0.29, 0.717) is 11.4 Å². The van der Waals surface area contributed by atoms with Gasteiger partial charge in [0, 0.05) is 34.8 Å². The molecule has 0 saturated heterocycles. The highest BCUT2D eigenvalue weighted by atomic mass is 32.2. The third-order valence-corrected chi connectivity index (χ3v) is 5.39. The Morgan fingerprint density at radius 2 is 1.58 bits per heavy atom. The number of hydrogen-bond acceptors (Lipinski definition) is 5. The molecule has 3 N–H and O–H groups in total. The molecule has 1 heterocycles. The molecular formula is C23H22N4O3S. The van der Waals surface area contributed by atoms with E-state index in [9.17, 15) is 13.2 Å². The topological polar surface area (TPSA) is 100 Å². The van der Waals surface area contributed by atoms with Crippen LogP contribution in [0.4, 0.5) is 22.7 Å². The first-order valence-electron chi connectivity index (χ1n) is 9.65. The Hall–Kier alpha value is -3.65. The Morgan fingerprint density at radius 1 is 0.903 bits per heavy atom. The lowest BCUT2D eigenvalue weighted by atomic mass is 10.0. The minimum Gasteiger partial charge on any atom is -0.354 e. The summed E-state index contributed by atoms with van der Waals surface area (Å²) in [5.41, 5.74) is 5.54. The van der Waals surface area contributed by atoms with Gasteiger partial charge in [0.2, 0.25) is 15.9 Å². The lowest BCUT2D eigenvalue weighted by molar-refractivity contribution is -0.114. The predicted molar refractivity (Wildman–Crippen MR) is 126 cm³/mol. The highest BCUT2D eigenvalue weighted by Gasteiger charge is 2.12. The molecule has 0 spiro atoms. The van der Waals surface area contributed by atoms with Crippen molar-refractivity contribution in [3.05, 3.63) is 66.2 Å². The summed E-state index contributed by atoms with van der Waals surface area (Å²) in [5.74, 6) is -0.141. The molecule has 4 aromatic rings. The van der Waals surface area contributed by atoms with Gasteiger partial charge < -0.3 is 10.6 Å². The number of sulfonamides is 1. The van der Waals surface area contributed by atoms with Crippen molar-refractivity contribution >= 4 is 60.5 Å². The standard InChI is InChI=1S/C23H22N4O3S/c1-14-5-4-6-20-22(14)26-21-13-18(24-15(2)28)11-12-19(21)23(20)25-16-7-9-17(10-8-16)27-31(3,29)30/h4-13,27H,1-3H3,(H,24,28)(H,25,26). The molecule has 3 aromatic carbocycles. The smallest absolute Gasteiger partial charge is 0.229 e. The fourth-order valence-corrected chi connectivity index (χ4v) is 4.07. The molecule has 0 saturated carbocycles. The zero-order valence-corrected chi connectivity index (χ0v) is 18.2. The Balaban J connectivity index is 1.82. The highest BCUT2D eigenvalue weighted by molar-refractivity contribution is 7.92. The number of fused-ring (bicyclic) bond motifs is 2. The van der Waals surface area contributed by atoms with Crippen LogP contribution in [0.25, 0.3) is 21.8 Å². The van der Waals surface area contributed by atoms with Crippen molar-refractivity contribution in [3.8, 4) is 0 Å². The van der Waals surface area contributed by atoms with Gasteiger partial charge >= 0.3 is 0 Å². The second-order valence-corrected chi connectivity index (χ2v) is 9.20. The van der Waals surface area contributed by atoms with E-state index < -0.39 is 10.0 Å². The SMILES string of the molecule is CC(=O)Nc1ccc2c(Nc3ccc(NS(C)(=O)=O)cc3)c3cccc(C)c3nc2c1. The second-order valence-electron chi connectivity index (χ2n) is 7.45. The van der Waals surface area contributed by atoms with Crippen LogP contribution in [0.2, 0.25) is 0 Å². The number of aromatic nitrogens is 1. The molecule has 4 rings (SSSR count). The summed E-state index contributed by atoms with van der Waals surface area (Å²) in [4.78, 5) is 16.3. The lowest BCUT2D eigenvalue weighted by Crippen LogP contribution is -2.09. The number of carbonyl (C=O) groups is 1. The Bertz CT molecular complexity index is 1410. The van der Waals surface area contributed by atoms with Crippen molar-refractivity contribution in [3.63, 3.8) is 0 Å². The summed E-state index contributed by atoms with van der Waals surface area (Å²) in [6.07, 6.45) is 1.12. The van der Waals surface area contributed by atoms with Crippen molar-refractivity contribution in [2.75, 3.05) is 21.6 Å². The van der Waals surface area contributed by atoms with E-state index in [0.717, 1.165) is 45.0 Å². The van der Waals surface area contributed by atoms with Gasteiger partial charge in [0.25, 0.3) is 0 Å². The largest absolute Gasteiger partial charge is 0.354 e. The minimum absolute atomic E-state index is 0.141. The molecule has 0 bridgehead atoms. The van der Waals surface area contributed by atoms with Crippen LogP contribution >= 0.6 is 0 Å². The molecule has 31 heavy (non-hydrogen) atoms. The van der Waals surface area contributed by atoms with Crippen LogP contribution < -0.4 is 15.4 Å². The number of aryl methyl sites for hydroxylation is 1.